The highest BCUT2D eigenvalue weighted by Gasteiger charge is 2.21. The molecule has 0 atom stereocenters. The average Bonchev–Trinajstić information content (AvgIpc) is 3.11. The van der Waals surface area contributed by atoms with Gasteiger partial charge in [-0.15, -0.1) is 0 Å². The first-order valence-corrected chi connectivity index (χ1v) is 10.2. The highest BCUT2D eigenvalue weighted by molar-refractivity contribution is 7.71. The van der Waals surface area contributed by atoms with Crippen molar-refractivity contribution in [3.05, 3.63) is 28.3 Å². The largest absolute Gasteiger partial charge is 0.493 e. The van der Waals surface area contributed by atoms with Crippen molar-refractivity contribution < 1.29 is 14.2 Å². The van der Waals surface area contributed by atoms with E-state index >= 15 is 0 Å². The SMILES string of the molecule is CCCOc1c(OC)cc(/C=N\n2c(C3CCCCC3)n[nH]c2=S)cc1OC. The monoisotopic (exact) mass is 404 g/mol. The third kappa shape index (κ3) is 4.55. The van der Waals surface area contributed by atoms with Crippen LogP contribution >= 0.6 is 12.2 Å². The number of methoxy groups -OCH3 is 2. The molecule has 1 saturated carbocycles. The lowest BCUT2D eigenvalue weighted by Gasteiger charge is -2.19. The third-order valence-electron chi connectivity index (χ3n) is 4.90. The van der Waals surface area contributed by atoms with E-state index in [1.165, 1.54) is 19.3 Å². The van der Waals surface area contributed by atoms with Crippen LogP contribution in [0.2, 0.25) is 0 Å². The Morgan fingerprint density at radius 3 is 2.50 bits per heavy atom. The van der Waals surface area contributed by atoms with E-state index < -0.39 is 0 Å². The van der Waals surface area contributed by atoms with Gasteiger partial charge in [0.05, 0.1) is 27.0 Å². The fraction of sp³-hybridized carbons (Fsp3) is 0.550. The Kier molecular flexibility index (Phi) is 7.08. The van der Waals surface area contributed by atoms with E-state index in [0.29, 0.717) is 34.5 Å². The molecule has 0 aliphatic heterocycles. The molecule has 0 amide bonds. The summed E-state index contributed by atoms with van der Waals surface area (Å²) < 4.78 is 19.0. The normalized spacial score (nSPS) is 15.1. The molecule has 152 valence electrons. The predicted molar refractivity (Wildman–Crippen MR) is 112 cm³/mol. The molecule has 0 saturated heterocycles. The second kappa shape index (κ2) is 9.73. The zero-order chi connectivity index (χ0) is 19.9. The number of aromatic amines is 1. The third-order valence-corrected chi connectivity index (χ3v) is 5.17. The number of H-pyrrole nitrogens is 1. The quantitative estimate of drug-likeness (QED) is 0.511. The molecule has 1 N–H and O–H groups in total. The molecule has 1 heterocycles. The van der Waals surface area contributed by atoms with Gasteiger partial charge in [0.25, 0.3) is 0 Å². The summed E-state index contributed by atoms with van der Waals surface area (Å²) >= 11 is 5.39. The van der Waals surface area contributed by atoms with Gasteiger partial charge in [0.15, 0.2) is 17.3 Å². The molecule has 1 fully saturated rings. The summed E-state index contributed by atoms with van der Waals surface area (Å²) in [5.74, 6) is 3.12. The first-order chi connectivity index (χ1) is 13.7. The second-order valence-corrected chi connectivity index (χ2v) is 7.27. The second-order valence-electron chi connectivity index (χ2n) is 6.88. The van der Waals surface area contributed by atoms with Crippen molar-refractivity contribution in [2.75, 3.05) is 20.8 Å². The summed E-state index contributed by atoms with van der Waals surface area (Å²) in [7, 11) is 3.23. The number of nitrogens with one attached hydrogen (secondary N) is 1. The fourth-order valence-electron chi connectivity index (χ4n) is 3.49. The molecule has 0 radical (unpaired) electrons. The van der Waals surface area contributed by atoms with Crippen LogP contribution in [-0.4, -0.2) is 41.9 Å². The van der Waals surface area contributed by atoms with Gasteiger partial charge in [0.1, 0.15) is 0 Å². The first-order valence-electron chi connectivity index (χ1n) is 9.78. The Labute approximate surface area is 170 Å². The van der Waals surface area contributed by atoms with Gasteiger partial charge < -0.3 is 14.2 Å². The van der Waals surface area contributed by atoms with Gasteiger partial charge in [0, 0.05) is 11.5 Å². The Bertz CT molecular complexity index is 844. The molecular formula is C20H28N4O3S. The number of hydrogen-bond donors (Lipinski definition) is 1. The topological polar surface area (TPSA) is 73.7 Å². The fourth-order valence-corrected chi connectivity index (χ4v) is 3.67. The van der Waals surface area contributed by atoms with Crippen LogP contribution in [0.1, 0.15) is 62.8 Å². The molecule has 0 bridgehead atoms. The lowest BCUT2D eigenvalue weighted by atomic mass is 9.89. The van der Waals surface area contributed by atoms with Gasteiger partial charge in [-0.05, 0) is 43.6 Å². The van der Waals surface area contributed by atoms with Crippen LogP contribution in [0.3, 0.4) is 0 Å². The van der Waals surface area contributed by atoms with E-state index in [4.69, 9.17) is 26.4 Å². The zero-order valence-corrected chi connectivity index (χ0v) is 17.6. The molecular weight excluding hydrogens is 376 g/mol. The summed E-state index contributed by atoms with van der Waals surface area (Å²) in [6.07, 6.45) is 8.63. The Morgan fingerprint density at radius 1 is 1.21 bits per heavy atom. The van der Waals surface area contributed by atoms with Gasteiger partial charge >= 0.3 is 0 Å². The van der Waals surface area contributed by atoms with E-state index in [1.807, 2.05) is 12.1 Å². The van der Waals surface area contributed by atoms with E-state index in [-0.39, 0.29) is 0 Å². The lowest BCUT2D eigenvalue weighted by molar-refractivity contribution is 0.275. The molecule has 1 aliphatic rings. The van der Waals surface area contributed by atoms with E-state index in [0.717, 1.165) is 30.7 Å². The molecule has 0 unspecified atom stereocenters. The maximum atomic E-state index is 5.79. The van der Waals surface area contributed by atoms with Crippen LogP contribution < -0.4 is 14.2 Å². The van der Waals surface area contributed by atoms with Crippen molar-refractivity contribution in [3.8, 4) is 17.2 Å². The molecule has 1 aliphatic carbocycles. The molecule has 2 aromatic rings. The van der Waals surface area contributed by atoms with Crippen LogP contribution in [0, 0.1) is 4.77 Å². The van der Waals surface area contributed by atoms with Crippen molar-refractivity contribution in [1.29, 1.82) is 0 Å². The van der Waals surface area contributed by atoms with Crippen molar-refractivity contribution >= 4 is 18.4 Å². The van der Waals surface area contributed by atoms with Crippen molar-refractivity contribution in [2.45, 2.75) is 51.4 Å². The number of rotatable bonds is 8. The minimum Gasteiger partial charge on any atom is -0.493 e. The van der Waals surface area contributed by atoms with Crippen LogP contribution in [0.25, 0.3) is 0 Å². The van der Waals surface area contributed by atoms with Crippen LogP contribution in [-0.2, 0) is 0 Å². The number of benzene rings is 1. The summed E-state index contributed by atoms with van der Waals surface area (Å²) in [6, 6.07) is 3.75. The van der Waals surface area contributed by atoms with Crippen molar-refractivity contribution in [1.82, 2.24) is 14.9 Å². The average molecular weight is 405 g/mol. The molecule has 0 spiro atoms. The minimum atomic E-state index is 0.396. The minimum absolute atomic E-state index is 0.396. The van der Waals surface area contributed by atoms with Crippen LogP contribution in [0.15, 0.2) is 17.2 Å². The summed E-state index contributed by atoms with van der Waals surface area (Å²) in [6.45, 7) is 2.65. The maximum absolute atomic E-state index is 5.79. The predicted octanol–water partition coefficient (Wildman–Crippen LogP) is 4.68. The lowest BCUT2D eigenvalue weighted by Crippen LogP contribution is -2.10. The summed E-state index contributed by atoms with van der Waals surface area (Å²) in [5.41, 5.74) is 0.829. The molecule has 28 heavy (non-hydrogen) atoms. The van der Waals surface area contributed by atoms with Crippen molar-refractivity contribution in [2.24, 2.45) is 5.10 Å². The zero-order valence-electron chi connectivity index (χ0n) is 16.7. The Balaban J connectivity index is 1.90. The summed E-state index contributed by atoms with van der Waals surface area (Å²) in [5, 5.41) is 11.9. The number of aromatic nitrogens is 3. The highest BCUT2D eigenvalue weighted by Crippen LogP contribution is 2.38. The van der Waals surface area contributed by atoms with Crippen LogP contribution in [0.4, 0.5) is 0 Å². The Morgan fingerprint density at radius 2 is 1.89 bits per heavy atom. The van der Waals surface area contributed by atoms with Gasteiger partial charge in [-0.25, -0.2) is 0 Å². The Hall–Kier alpha value is -2.35. The summed E-state index contributed by atoms with van der Waals surface area (Å²) in [4.78, 5) is 0. The molecule has 1 aromatic heterocycles. The number of ether oxygens (including phenoxy) is 3. The van der Waals surface area contributed by atoms with Gasteiger partial charge in [-0.3, -0.25) is 5.10 Å². The van der Waals surface area contributed by atoms with Gasteiger partial charge in [-0.2, -0.15) is 14.9 Å². The van der Waals surface area contributed by atoms with Gasteiger partial charge in [-0.1, -0.05) is 26.2 Å². The highest BCUT2D eigenvalue weighted by atomic mass is 32.1. The first kappa shape index (κ1) is 20.4. The maximum Gasteiger partial charge on any atom is 0.216 e. The molecule has 8 heteroatoms. The smallest absolute Gasteiger partial charge is 0.216 e. The van der Waals surface area contributed by atoms with Crippen molar-refractivity contribution in [3.63, 3.8) is 0 Å². The number of hydrogen-bond acceptors (Lipinski definition) is 6. The van der Waals surface area contributed by atoms with E-state index in [1.54, 1.807) is 25.1 Å². The number of nitrogens with zero attached hydrogens (tertiary/aromatic N) is 3. The van der Waals surface area contributed by atoms with Gasteiger partial charge in [0.2, 0.25) is 10.5 Å². The molecule has 1 aromatic carbocycles. The van der Waals surface area contributed by atoms with Crippen LogP contribution in [0.5, 0.6) is 17.2 Å². The van der Waals surface area contributed by atoms with E-state index in [9.17, 15) is 0 Å². The van der Waals surface area contributed by atoms with E-state index in [2.05, 4.69) is 22.2 Å². The molecule has 7 nitrogen and oxygen atoms in total. The molecule has 3 rings (SSSR count). The standard InChI is InChI=1S/C20H28N4O3S/c1-4-10-27-18-16(25-2)11-14(12-17(18)26-3)13-21-24-19(22-23-20(24)28)15-8-6-5-7-9-15/h11-13,15H,4-10H2,1-3H3,(H,23,28)/b21-13-.